The first-order valence-electron chi connectivity index (χ1n) is 8.86. The van der Waals surface area contributed by atoms with Crippen LogP contribution in [0.1, 0.15) is 22.8 Å². The summed E-state index contributed by atoms with van der Waals surface area (Å²) in [5, 5.41) is 0. The highest BCUT2D eigenvalue weighted by Crippen LogP contribution is 2.30. The first-order valence-corrected chi connectivity index (χ1v) is 8.86. The van der Waals surface area contributed by atoms with E-state index in [2.05, 4.69) is 0 Å². The SMILES string of the molecule is COc1cc(OC)cc(N2CCN(C(=O)c3cccc(C)c3)[C@@H](C)C2=O)c1. The number of rotatable bonds is 4. The third kappa shape index (κ3) is 3.74. The van der Waals surface area contributed by atoms with Gasteiger partial charge in [0.25, 0.3) is 5.91 Å². The molecule has 1 heterocycles. The number of benzene rings is 2. The molecule has 1 aliphatic rings. The second-order valence-corrected chi connectivity index (χ2v) is 6.60. The number of piperazine rings is 1. The summed E-state index contributed by atoms with van der Waals surface area (Å²) in [6.07, 6.45) is 0. The van der Waals surface area contributed by atoms with Gasteiger partial charge in [-0.3, -0.25) is 9.59 Å². The predicted octanol–water partition coefficient (Wildman–Crippen LogP) is 2.89. The van der Waals surface area contributed by atoms with Crippen molar-refractivity contribution in [3.63, 3.8) is 0 Å². The summed E-state index contributed by atoms with van der Waals surface area (Å²) < 4.78 is 10.6. The van der Waals surface area contributed by atoms with Gasteiger partial charge >= 0.3 is 0 Å². The molecule has 0 radical (unpaired) electrons. The topological polar surface area (TPSA) is 59.1 Å². The lowest BCUT2D eigenvalue weighted by atomic mass is 10.1. The molecular formula is C21H24N2O4. The highest BCUT2D eigenvalue weighted by atomic mass is 16.5. The predicted molar refractivity (Wildman–Crippen MR) is 104 cm³/mol. The number of ether oxygens (including phenoxy) is 2. The summed E-state index contributed by atoms with van der Waals surface area (Å²) in [6.45, 7) is 4.58. The first-order chi connectivity index (χ1) is 12.9. The van der Waals surface area contributed by atoms with Crippen LogP contribution in [0.2, 0.25) is 0 Å². The van der Waals surface area contributed by atoms with Crippen molar-refractivity contribution in [2.75, 3.05) is 32.2 Å². The normalized spacial score (nSPS) is 17.0. The molecule has 1 saturated heterocycles. The number of methoxy groups -OCH3 is 2. The van der Waals surface area contributed by atoms with Crippen molar-refractivity contribution in [1.82, 2.24) is 4.90 Å². The van der Waals surface area contributed by atoms with E-state index >= 15 is 0 Å². The lowest BCUT2D eigenvalue weighted by Gasteiger charge is -2.39. The van der Waals surface area contributed by atoms with Crippen LogP contribution in [0.25, 0.3) is 0 Å². The molecule has 0 aliphatic carbocycles. The van der Waals surface area contributed by atoms with Gasteiger partial charge in [-0.2, -0.15) is 0 Å². The van der Waals surface area contributed by atoms with Gasteiger partial charge in [0, 0.05) is 36.9 Å². The Morgan fingerprint density at radius 1 is 1.04 bits per heavy atom. The minimum Gasteiger partial charge on any atom is -0.497 e. The average Bonchev–Trinajstić information content (AvgIpc) is 2.69. The van der Waals surface area contributed by atoms with E-state index < -0.39 is 6.04 Å². The fourth-order valence-corrected chi connectivity index (χ4v) is 3.30. The second-order valence-electron chi connectivity index (χ2n) is 6.60. The van der Waals surface area contributed by atoms with Gasteiger partial charge in [0.15, 0.2) is 0 Å². The number of amides is 2. The lowest BCUT2D eigenvalue weighted by Crippen LogP contribution is -2.57. The molecule has 2 aromatic rings. The van der Waals surface area contributed by atoms with Crippen molar-refractivity contribution in [1.29, 1.82) is 0 Å². The molecule has 0 spiro atoms. The van der Waals surface area contributed by atoms with E-state index in [1.165, 1.54) is 0 Å². The molecule has 6 heteroatoms. The molecule has 1 aliphatic heterocycles. The maximum Gasteiger partial charge on any atom is 0.254 e. The van der Waals surface area contributed by atoms with Crippen LogP contribution in [0.4, 0.5) is 5.69 Å². The zero-order valence-corrected chi connectivity index (χ0v) is 16.1. The molecule has 2 aromatic carbocycles. The van der Waals surface area contributed by atoms with Gasteiger partial charge in [0.05, 0.1) is 19.9 Å². The van der Waals surface area contributed by atoms with E-state index in [4.69, 9.17) is 9.47 Å². The molecule has 2 amide bonds. The first kappa shape index (κ1) is 18.8. The van der Waals surface area contributed by atoms with Crippen molar-refractivity contribution in [2.45, 2.75) is 19.9 Å². The number of aryl methyl sites for hydroxylation is 1. The van der Waals surface area contributed by atoms with Gasteiger partial charge in [0.2, 0.25) is 5.91 Å². The highest BCUT2D eigenvalue weighted by Gasteiger charge is 2.35. The van der Waals surface area contributed by atoms with E-state index in [1.54, 1.807) is 55.2 Å². The Kier molecular flexibility index (Phi) is 5.35. The van der Waals surface area contributed by atoms with E-state index in [1.807, 2.05) is 25.1 Å². The number of hydrogen-bond acceptors (Lipinski definition) is 4. The van der Waals surface area contributed by atoms with Crippen LogP contribution >= 0.6 is 0 Å². The molecular weight excluding hydrogens is 344 g/mol. The Morgan fingerprint density at radius 3 is 2.30 bits per heavy atom. The Hall–Kier alpha value is -3.02. The Morgan fingerprint density at radius 2 is 1.70 bits per heavy atom. The molecule has 0 aromatic heterocycles. The maximum atomic E-state index is 13.0. The highest BCUT2D eigenvalue weighted by molar-refractivity contribution is 6.03. The van der Waals surface area contributed by atoms with E-state index in [0.29, 0.717) is 35.8 Å². The van der Waals surface area contributed by atoms with E-state index in [-0.39, 0.29) is 11.8 Å². The molecule has 27 heavy (non-hydrogen) atoms. The molecule has 6 nitrogen and oxygen atoms in total. The molecule has 0 unspecified atom stereocenters. The molecule has 3 rings (SSSR count). The molecule has 142 valence electrons. The quantitative estimate of drug-likeness (QED) is 0.833. The zero-order valence-electron chi connectivity index (χ0n) is 16.1. The van der Waals surface area contributed by atoms with Gasteiger partial charge < -0.3 is 19.3 Å². The number of hydrogen-bond donors (Lipinski definition) is 0. The van der Waals surface area contributed by atoms with Gasteiger partial charge in [-0.1, -0.05) is 17.7 Å². The number of carbonyl (C=O) groups excluding carboxylic acids is 2. The van der Waals surface area contributed by atoms with Gasteiger partial charge in [-0.05, 0) is 26.0 Å². The van der Waals surface area contributed by atoms with Crippen molar-refractivity contribution < 1.29 is 19.1 Å². The molecule has 1 fully saturated rings. The molecule has 1 atom stereocenters. The Bertz CT molecular complexity index is 843. The lowest BCUT2D eigenvalue weighted by molar-refractivity contribution is -0.124. The fraction of sp³-hybridized carbons (Fsp3) is 0.333. The third-order valence-corrected chi connectivity index (χ3v) is 4.83. The van der Waals surface area contributed by atoms with Crippen LogP contribution in [0.3, 0.4) is 0 Å². The summed E-state index contributed by atoms with van der Waals surface area (Å²) in [4.78, 5) is 29.2. The summed E-state index contributed by atoms with van der Waals surface area (Å²) in [6, 6.07) is 12.2. The molecule has 0 N–H and O–H groups in total. The summed E-state index contributed by atoms with van der Waals surface area (Å²) in [5.74, 6) is 0.978. The minimum atomic E-state index is -0.552. The monoisotopic (exact) mass is 368 g/mol. The summed E-state index contributed by atoms with van der Waals surface area (Å²) in [5.41, 5.74) is 2.32. The van der Waals surface area contributed by atoms with E-state index in [9.17, 15) is 9.59 Å². The van der Waals surface area contributed by atoms with Crippen molar-refractivity contribution in [3.05, 3.63) is 53.6 Å². The minimum absolute atomic E-state index is 0.123. The average molecular weight is 368 g/mol. The van der Waals surface area contributed by atoms with Crippen molar-refractivity contribution in [3.8, 4) is 11.5 Å². The van der Waals surface area contributed by atoms with Crippen LogP contribution in [-0.4, -0.2) is 50.1 Å². The van der Waals surface area contributed by atoms with Crippen molar-refractivity contribution >= 4 is 17.5 Å². The fourth-order valence-electron chi connectivity index (χ4n) is 3.30. The van der Waals surface area contributed by atoms with Gasteiger partial charge in [0.1, 0.15) is 17.5 Å². The smallest absolute Gasteiger partial charge is 0.254 e. The second kappa shape index (κ2) is 7.70. The van der Waals surface area contributed by atoms with Crippen LogP contribution in [0.5, 0.6) is 11.5 Å². The van der Waals surface area contributed by atoms with Crippen LogP contribution in [-0.2, 0) is 4.79 Å². The van der Waals surface area contributed by atoms with Crippen LogP contribution in [0, 0.1) is 6.92 Å². The third-order valence-electron chi connectivity index (χ3n) is 4.83. The maximum absolute atomic E-state index is 13.0. The van der Waals surface area contributed by atoms with Crippen molar-refractivity contribution in [2.24, 2.45) is 0 Å². The van der Waals surface area contributed by atoms with Gasteiger partial charge in [-0.15, -0.1) is 0 Å². The number of anilines is 1. The van der Waals surface area contributed by atoms with Crippen LogP contribution in [0.15, 0.2) is 42.5 Å². The zero-order chi connectivity index (χ0) is 19.6. The number of nitrogens with zero attached hydrogens (tertiary/aromatic N) is 2. The molecule has 0 saturated carbocycles. The largest absolute Gasteiger partial charge is 0.497 e. The van der Waals surface area contributed by atoms with Gasteiger partial charge in [-0.25, -0.2) is 0 Å². The summed E-state index contributed by atoms with van der Waals surface area (Å²) >= 11 is 0. The molecule has 0 bridgehead atoms. The Labute approximate surface area is 159 Å². The van der Waals surface area contributed by atoms with Crippen LogP contribution < -0.4 is 14.4 Å². The Balaban J connectivity index is 1.83. The summed E-state index contributed by atoms with van der Waals surface area (Å²) in [7, 11) is 3.14. The van der Waals surface area contributed by atoms with E-state index in [0.717, 1.165) is 5.56 Å². The standard InChI is InChI=1S/C21H24N2O4/c1-14-6-5-7-16(10-14)21(25)22-8-9-23(20(24)15(22)2)17-11-18(26-3)13-19(12-17)27-4/h5-7,10-13,15H,8-9H2,1-4H3/t15-/m0/s1. The number of carbonyl (C=O) groups is 2.